The molecular formula is C19H16BrN3O3. The summed E-state index contributed by atoms with van der Waals surface area (Å²) in [5.41, 5.74) is 1.99. The highest BCUT2D eigenvalue weighted by atomic mass is 79.9. The Bertz CT molecular complexity index is 903. The quantitative estimate of drug-likeness (QED) is 0.619. The number of anilines is 2. The lowest BCUT2D eigenvalue weighted by atomic mass is 10.1. The Morgan fingerprint density at radius 2 is 1.58 bits per heavy atom. The lowest BCUT2D eigenvalue weighted by molar-refractivity contribution is -0.122. The molecule has 3 rings (SSSR count). The third-order valence-electron chi connectivity index (χ3n) is 3.91. The number of amides is 4. The van der Waals surface area contributed by atoms with Gasteiger partial charge >= 0.3 is 6.03 Å². The van der Waals surface area contributed by atoms with Gasteiger partial charge in [-0.25, -0.2) is 9.69 Å². The van der Waals surface area contributed by atoms with Crippen molar-refractivity contribution in [3.63, 3.8) is 0 Å². The summed E-state index contributed by atoms with van der Waals surface area (Å²) in [6.07, 6.45) is 1.48. The van der Waals surface area contributed by atoms with Gasteiger partial charge in [-0.15, -0.1) is 0 Å². The van der Waals surface area contributed by atoms with Crippen LogP contribution in [-0.2, 0) is 9.59 Å². The number of carbonyl (C=O) groups is 3. The number of nitrogens with one attached hydrogen (secondary N) is 1. The van der Waals surface area contributed by atoms with Crippen LogP contribution in [0.15, 0.2) is 58.6 Å². The number of hydrogen-bond donors (Lipinski definition) is 1. The zero-order valence-corrected chi connectivity index (χ0v) is 15.8. The molecule has 2 aromatic carbocycles. The maximum Gasteiger partial charge on any atom is 0.335 e. The van der Waals surface area contributed by atoms with Crippen molar-refractivity contribution in [2.75, 3.05) is 23.9 Å². The molecule has 0 spiro atoms. The minimum absolute atomic E-state index is 0.0925. The van der Waals surface area contributed by atoms with Gasteiger partial charge in [0.15, 0.2) is 0 Å². The minimum Gasteiger partial charge on any atom is -0.378 e. The predicted molar refractivity (Wildman–Crippen MR) is 104 cm³/mol. The molecule has 1 aliphatic rings. The van der Waals surface area contributed by atoms with Crippen molar-refractivity contribution >= 4 is 51.2 Å². The van der Waals surface area contributed by atoms with E-state index in [2.05, 4.69) is 21.2 Å². The van der Waals surface area contributed by atoms with Gasteiger partial charge in [0.25, 0.3) is 11.8 Å². The van der Waals surface area contributed by atoms with Crippen molar-refractivity contribution in [2.45, 2.75) is 0 Å². The number of hydrogen-bond acceptors (Lipinski definition) is 4. The Kier molecular flexibility index (Phi) is 4.90. The number of imide groups is 2. The first-order valence-electron chi connectivity index (χ1n) is 7.81. The third kappa shape index (κ3) is 3.52. The normalized spacial score (nSPS) is 16.0. The molecule has 26 heavy (non-hydrogen) atoms. The Morgan fingerprint density at radius 3 is 2.15 bits per heavy atom. The third-order valence-corrected chi connectivity index (χ3v) is 4.44. The summed E-state index contributed by atoms with van der Waals surface area (Å²) in [6.45, 7) is 0. The molecule has 7 heteroatoms. The van der Waals surface area contributed by atoms with E-state index in [0.717, 1.165) is 15.1 Å². The van der Waals surface area contributed by atoms with Crippen LogP contribution in [0.4, 0.5) is 16.2 Å². The maximum atomic E-state index is 12.8. The van der Waals surface area contributed by atoms with Crippen LogP contribution in [-0.4, -0.2) is 31.9 Å². The average molecular weight is 414 g/mol. The Balaban J connectivity index is 1.95. The van der Waals surface area contributed by atoms with Crippen molar-refractivity contribution in [1.29, 1.82) is 0 Å². The summed E-state index contributed by atoms with van der Waals surface area (Å²) >= 11 is 3.31. The summed E-state index contributed by atoms with van der Waals surface area (Å²) in [5.74, 6) is -1.36. The van der Waals surface area contributed by atoms with E-state index >= 15 is 0 Å². The Morgan fingerprint density at radius 1 is 0.962 bits per heavy atom. The van der Waals surface area contributed by atoms with Gasteiger partial charge < -0.3 is 4.90 Å². The molecule has 0 aliphatic carbocycles. The highest BCUT2D eigenvalue weighted by Crippen LogP contribution is 2.24. The summed E-state index contributed by atoms with van der Waals surface area (Å²) in [6, 6.07) is 13.3. The number of benzene rings is 2. The highest BCUT2D eigenvalue weighted by molar-refractivity contribution is 9.10. The monoisotopic (exact) mass is 413 g/mol. The second-order valence-electron chi connectivity index (χ2n) is 5.92. The predicted octanol–water partition coefficient (Wildman–Crippen LogP) is 3.18. The number of carbonyl (C=O) groups excluding carboxylic acids is 3. The number of urea groups is 1. The zero-order valence-electron chi connectivity index (χ0n) is 14.2. The average Bonchev–Trinajstić information content (AvgIpc) is 2.60. The second kappa shape index (κ2) is 7.13. The molecule has 4 amide bonds. The van der Waals surface area contributed by atoms with E-state index in [1.54, 1.807) is 24.3 Å². The summed E-state index contributed by atoms with van der Waals surface area (Å²) in [7, 11) is 3.85. The highest BCUT2D eigenvalue weighted by Gasteiger charge is 2.36. The number of nitrogens with zero attached hydrogens (tertiary/aromatic N) is 2. The molecule has 1 fully saturated rings. The largest absolute Gasteiger partial charge is 0.378 e. The first kappa shape index (κ1) is 17.9. The molecule has 0 unspecified atom stereocenters. The molecule has 1 N–H and O–H groups in total. The molecule has 0 bridgehead atoms. The van der Waals surface area contributed by atoms with Crippen LogP contribution < -0.4 is 15.1 Å². The van der Waals surface area contributed by atoms with Gasteiger partial charge in [-0.3, -0.25) is 14.9 Å². The minimum atomic E-state index is -0.762. The fourth-order valence-corrected chi connectivity index (χ4v) is 2.78. The van der Waals surface area contributed by atoms with Crippen LogP contribution in [0, 0.1) is 0 Å². The summed E-state index contributed by atoms with van der Waals surface area (Å²) in [5, 5.41) is 2.21. The molecule has 6 nitrogen and oxygen atoms in total. The Labute approximate surface area is 159 Å². The Hall–Kier alpha value is -2.93. The smallest absolute Gasteiger partial charge is 0.335 e. The molecule has 0 atom stereocenters. The van der Waals surface area contributed by atoms with Crippen LogP contribution in [0.2, 0.25) is 0 Å². The van der Waals surface area contributed by atoms with E-state index in [1.807, 2.05) is 43.3 Å². The second-order valence-corrected chi connectivity index (χ2v) is 6.84. The lowest BCUT2D eigenvalue weighted by Gasteiger charge is -2.26. The fraction of sp³-hybridized carbons (Fsp3) is 0.105. The first-order valence-corrected chi connectivity index (χ1v) is 8.60. The van der Waals surface area contributed by atoms with Crippen LogP contribution in [0.25, 0.3) is 6.08 Å². The van der Waals surface area contributed by atoms with Gasteiger partial charge in [0.1, 0.15) is 5.57 Å². The molecule has 2 aromatic rings. The van der Waals surface area contributed by atoms with Crippen molar-refractivity contribution < 1.29 is 14.4 Å². The standard InChI is InChI=1S/C19H16BrN3O3/c1-22(2)14-7-3-12(4-8-14)11-16-17(24)21-19(26)23(18(16)25)15-9-5-13(20)6-10-15/h3-11H,1-2H3,(H,21,24,26)/b16-11+. The molecule has 1 heterocycles. The van der Waals surface area contributed by atoms with Crippen molar-refractivity contribution in [1.82, 2.24) is 5.32 Å². The molecular weight excluding hydrogens is 398 g/mol. The van der Waals surface area contributed by atoms with E-state index in [1.165, 1.54) is 6.08 Å². The van der Waals surface area contributed by atoms with Gasteiger partial charge in [-0.2, -0.15) is 0 Å². The molecule has 0 radical (unpaired) electrons. The van der Waals surface area contributed by atoms with E-state index in [0.29, 0.717) is 11.3 Å². The molecule has 132 valence electrons. The summed E-state index contributed by atoms with van der Waals surface area (Å²) in [4.78, 5) is 40.0. The van der Waals surface area contributed by atoms with E-state index < -0.39 is 17.8 Å². The van der Waals surface area contributed by atoms with Crippen molar-refractivity contribution in [3.05, 3.63) is 64.1 Å². The van der Waals surface area contributed by atoms with Crippen LogP contribution >= 0.6 is 15.9 Å². The van der Waals surface area contributed by atoms with Gasteiger partial charge in [-0.05, 0) is 48.0 Å². The fourth-order valence-electron chi connectivity index (χ4n) is 2.52. The van der Waals surface area contributed by atoms with Gasteiger partial charge in [0.05, 0.1) is 5.69 Å². The molecule has 1 aliphatic heterocycles. The van der Waals surface area contributed by atoms with Gasteiger partial charge in [0, 0.05) is 24.3 Å². The van der Waals surface area contributed by atoms with E-state index in [9.17, 15) is 14.4 Å². The zero-order chi connectivity index (χ0) is 18.8. The number of barbiturate groups is 1. The summed E-state index contributed by atoms with van der Waals surface area (Å²) < 4.78 is 0.818. The molecule has 0 saturated carbocycles. The maximum absolute atomic E-state index is 12.8. The SMILES string of the molecule is CN(C)c1ccc(/C=C2\C(=O)NC(=O)N(c3ccc(Br)cc3)C2=O)cc1. The van der Waals surface area contributed by atoms with Crippen LogP contribution in [0.3, 0.4) is 0 Å². The van der Waals surface area contributed by atoms with Crippen LogP contribution in [0.5, 0.6) is 0 Å². The van der Waals surface area contributed by atoms with Crippen molar-refractivity contribution in [2.24, 2.45) is 0 Å². The number of halogens is 1. The molecule has 1 saturated heterocycles. The topological polar surface area (TPSA) is 69.7 Å². The lowest BCUT2D eigenvalue weighted by Crippen LogP contribution is -2.54. The van der Waals surface area contributed by atoms with Gasteiger partial charge in [-0.1, -0.05) is 28.1 Å². The van der Waals surface area contributed by atoms with Crippen molar-refractivity contribution in [3.8, 4) is 0 Å². The molecule has 0 aromatic heterocycles. The first-order chi connectivity index (χ1) is 12.4. The number of rotatable bonds is 3. The van der Waals surface area contributed by atoms with Gasteiger partial charge in [0.2, 0.25) is 0 Å². The van der Waals surface area contributed by atoms with E-state index in [-0.39, 0.29) is 5.57 Å². The van der Waals surface area contributed by atoms with Crippen LogP contribution in [0.1, 0.15) is 5.56 Å². The van der Waals surface area contributed by atoms with E-state index in [4.69, 9.17) is 0 Å².